The quantitative estimate of drug-likeness (QED) is 0.439. The second kappa shape index (κ2) is 9.35. The molecule has 0 spiro atoms. The van der Waals surface area contributed by atoms with Crippen molar-refractivity contribution in [3.63, 3.8) is 0 Å². The summed E-state index contributed by atoms with van der Waals surface area (Å²) in [5.41, 5.74) is 5.27. The number of hydrogen-bond acceptors (Lipinski definition) is 3. The topological polar surface area (TPSA) is 44.0 Å². The van der Waals surface area contributed by atoms with Crippen LogP contribution in [0, 0.1) is 11.3 Å². The Labute approximate surface area is 208 Å². The molecule has 3 unspecified atom stereocenters. The van der Waals surface area contributed by atoms with E-state index in [1.54, 1.807) is 0 Å². The summed E-state index contributed by atoms with van der Waals surface area (Å²) in [4.78, 5) is 2.67. The van der Waals surface area contributed by atoms with Gasteiger partial charge in [-0.3, -0.25) is 0 Å². The lowest BCUT2D eigenvalue weighted by Crippen LogP contribution is -2.67. The molecule has 1 aromatic heterocycles. The molecule has 1 aromatic carbocycles. The van der Waals surface area contributed by atoms with Gasteiger partial charge < -0.3 is 14.4 Å². The van der Waals surface area contributed by atoms with Crippen LogP contribution in [0.2, 0.25) is 16.6 Å². The molecule has 34 heavy (non-hydrogen) atoms. The number of aromatic nitrogens is 1. The summed E-state index contributed by atoms with van der Waals surface area (Å²) in [5, 5.41) is 15.4. The minimum Gasteiger partial charge on any atom is -0.365 e. The fourth-order valence-corrected chi connectivity index (χ4v) is 14.7. The second-order valence-corrected chi connectivity index (χ2v) is 17.9. The maximum absolute atomic E-state index is 10.3. The standard InChI is InChI=1S/C29H46N4Si/c1-9-22(6)34(20(2)3,21(4)5)33-25(18-30)17-23-16-24(14-15-27(23)33)32-19-29(7,8)31-26-12-10-11-13-28(26)32/h14-17,20-22,26,28,31H,9-13,19H2,1-8H3. The van der Waals surface area contributed by atoms with Crippen LogP contribution in [0.5, 0.6) is 0 Å². The molecule has 0 radical (unpaired) electrons. The van der Waals surface area contributed by atoms with Gasteiger partial charge >= 0.3 is 0 Å². The molecular weight excluding hydrogens is 432 g/mol. The fourth-order valence-electron chi connectivity index (χ4n) is 7.78. The van der Waals surface area contributed by atoms with Crippen molar-refractivity contribution in [2.24, 2.45) is 0 Å². The van der Waals surface area contributed by atoms with E-state index in [-0.39, 0.29) is 5.54 Å². The monoisotopic (exact) mass is 478 g/mol. The van der Waals surface area contributed by atoms with Crippen LogP contribution in [0.1, 0.15) is 93.2 Å². The van der Waals surface area contributed by atoms with Crippen LogP contribution in [0.15, 0.2) is 24.3 Å². The predicted molar refractivity (Wildman–Crippen MR) is 148 cm³/mol. The molecule has 2 aromatic rings. The Kier molecular flexibility index (Phi) is 6.97. The number of nitriles is 1. The van der Waals surface area contributed by atoms with Gasteiger partial charge in [0.2, 0.25) is 0 Å². The Morgan fingerprint density at radius 1 is 1.09 bits per heavy atom. The van der Waals surface area contributed by atoms with Gasteiger partial charge in [0.15, 0.2) is 8.24 Å². The van der Waals surface area contributed by atoms with Gasteiger partial charge in [-0.25, -0.2) is 0 Å². The van der Waals surface area contributed by atoms with Crippen molar-refractivity contribution in [2.45, 2.75) is 122 Å². The predicted octanol–water partition coefficient (Wildman–Crippen LogP) is 7.43. The van der Waals surface area contributed by atoms with Crippen LogP contribution in [0.4, 0.5) is 5.69 Å². The summed E-state index contributed by atoms with van der Waals surface area (Å²) in [6.07, 6.45) is 6.35. The number of nitrogens with zero attached hydrogens (tertiary/aromatic N) is 3. The lowest BCUT2D eigenvalue weighted by molar-refractivity contribution is 0.199. The normalized spacial score (nSPS) is 23.9. The smallest absolute Gasteiger partial charge is 0.171 e. The zero-order valence-electron chi connectivity index (χ0n) is 22.8. The van der Waals surface area contributed by atoms with E-state index in [9.17, 15) is 5.26 Å². The molecule has 0 amide bonds. The third-order valence-corrected chi connectivity index (χ3v) is 16.1. The van der Waals surface area contributed by atoms with E-state index in [4.69, 9.17) is 0 Å². The molecule has 1 saturated carbocycles. The van der Waals surface area contributed by atoms with E-state index in [2.05, 4.69) is 100 Å². The van der Waals surface area contributed by atoms with Crippen LogP contribution in [0.3, 0.4) is 0 Å². The second-order valence-electron chi connectivity index (χ2n) is 12.3. The zero-order valence-corrected chi connectivity index (χ0v) is 23.8. The Morgan fingerprint density at radius 2 is 1.76 bits per heavy atom. The summed E-state index contributed by atoms with van der Waals surface area (Å²) in [6, 6.07) is 13.0. The largest absolute Gasteiger partial charge is 0.365 e. The average molecular weight is 479 g/mol. The minimum atomic E-state index is -2.04. The molecule has 1 N–H and O–H groups in total. The molecular formula is C29H46N4Si. The molecule has 2 fully saturated rings. The molecule has 1 aliphatic heterocycles. The SMILES string of the molecule is CCC(C)[Si](C(C)C)(C(C)C)n1c(C#N)cc2cc(N3CC(C)(C)NC4CCCCC43)ccc21. The Balaban J connectivity index is 1.87. The third-order valence-electron chi connectivity index (χ3n) is 9.14. The summed E-state index contributed by atoms with van der Waals surface area (Å²) in [6.45, 7) is 20.0. The van der Waals surface area contributed by atoms with E-state index >= 15 is 0 Å². The number of piperazine rings is 1. The van der Waals surface area contributed by atoms with Crippen molar-refractivity contribution in [1.82, 2.24) is 9.55 Å². The van der Waals surface area contributed by atoms with Crippen LogP contribution in [-0.4, -0.2) is 36.6 Å². The highest BCUT2D eigenvalue weighted by Crippen LogP contribution is 2.47. The molecule has 2 aliphatic rings. The zero-order chi connectivity index (χ0) is 24.8. The number of benzene rings is 1. The van der Waals surface area contributed by atoms with Gasteiger partial charge in [-0.1, -0.05) is 60.8 Å². The van der Waals surface area contributed by atoms with Gasteiger partial charge in [0.1, 0.15) is 11.8 Å². The van der Waals surface area contributed by atoms with Gasteiger partial charge in [-0.2, -0.15) is 5.26 Å². The van der Waals surface area contributed by atoms with E-state index in [0.717, 1.165) is 18.7 Å². The van der Waals surface area contributed by atoms with Crippen molar-refractivity contribution >= 4 is 24.8 Å². The van der Waals surface area contributed by atoms with Crippen LogP contribution < -0.4 is 10.2 Å². The lowest BCUT2D eigenvalue weighted by atomic mass is 9.83. The summed E-state index contributed by atoms with van der Waals surface area (Å²) < 4.78 is 2.56. The Bertz CT molecular complexity index is 1050. The summed E-state index contributed by atoms with van der Waals surface area (Å²) in [7, 11) is -2.04. The first-order valence-corrected chi connectivity index (χ1v) is 15.8. The van der Waals surface area contributed by atoms with Gasteiger partial charge in [-0.15, -0.1) is 0 Å². The van der Waals surface area contributed by atoms with Crippen molar-refractivity contribution in [1.29, 1.82) is 5.26 Å². The number of anilines is 1. The van der Waals surface area contributed by atoms with E-state index < -0.39 is 8.24 Å². The van der Waals surface area contributed by atoms with Crippen molar-refractivity contribution < 1.29 is 0 Å². The molecule has 0 bridgehead atoms. The molecule has 2 heterocycles. The summed E-state index contributed by atoms with van der Waals surface area (Å²) >= 11 is 0. The van der Waals surface area contributed by atoms with Crippen molar-refractivity contribution in [3.8, 4) is 6.07 Å². The maximum atomic E-state index is 10.3. The lowest BCUT2D eigenvalue weighted by Gasteiger charge is -2.52. The van der Waals surface area contributed by atoms with Gasteiger partial charge in [0.25, 0.3) is 0 Å². The highest BCUT2D eigenvalue weighted by molar-refractivity contribution is 6.83. The van der Waals surface area contributed by atoms with Crippen molar-refractivity contribution in [2.75, 3.05) is 11.4 Å². The molecule has 4 rings (SSSR count). The molecule has 4 nitrogen and oxygen atoms in total. The van der Waals surface area contributed by atoms with E-state index in [0.29, 0.717) is 28.7 Å². The maximum Gasteiger partial charge on any atom is 0.171 e. The Hall–Kier alpha value is -1.77. The first-order chi connectivity index (χ1) is 16.1. The Morgan fingerprint density at radius 3 is 2.38 bits per heavy atom. The molecule has 5 heteroatoms. The number of nitrogens with one attached hydrogen (secondary N) is 1. The minimum absolute atomic E-state index is 0.102. The first kappa shape index (κ1) is 25.3. The average Bonchev–Trinajstić information content (AvgIpc) is 3.15. The highest BCUT2D eigenvalue weighted by atomic mass is 28.3. The molecule has 186 valence electrons. The van der Waals surface area contributed by atoms with Crippen LogP contribution >= 0.6 is 0 Å². The molecule has 3 atom stereocenters. The van der Waals surface area contributed by atoms with Gasteiger partial charge in [0, 0.05) is 40.8 Å². The molecule has 1 aliphatic carbocycles. The van der Waals surface area contributed by atoms with Crippen molar-refractivity contribution in [3.05, 3.63) is 30.0 Å². The molecule has 1 saturated heterocycles. The van der Waals surface area contributed by atoms with Gasteiger partial charge in [0.05, 0.1) is 0 Å². The number of hydrogen-bond donors (Lipinski definition) is 1. The van der Waals surface area contributed by atoms with Crippen LogP contribution in [0.25, 0.3) is 10.9 Å². The third kappa shape index (κ3) is 4.01. The highest BCUT2D eigenvalue weighted by Gasteiger charge is 2.48. The fraction of sp³-hybridized carbons (Fsp3) is 0.690. The van der Waals surface area contributed by atoms with E-state index in [1.807, 2.05) is 0 Å². The van der Waals surface area contributed by atoms with Crippen LogP contribution in [-0.2, 0) is 0 Å². The first-order valence-electron chi connectivity index (χ1n) is 13.7. The summed E-state index contributed by atoms with van der Waals surface area (Å²) in [5.74, 6) is 0. The number of rotatable bonds is 6. The van der Waals surface area contributed by atoms with E-state index in [1.165, 1.54) is 42.3 Å². The van der Waals surface area contributed by atoms with Gasteiger partial charge in [-0.05, 0) is 67.6 Å². The number of fused-ring (bicyclic) bond motifs is 2.